The molecule has 6 heteroatoms. The van der Waals surface area contributed by atoms with Crippen LogP contribution in [0.3, 0.4) is 0 Å². The molecule has 0 aromatic heterocycles. The van der Waals surface area contributed by atoms with Crippen LogP contribution in [0.1, 0.15) is 47.9 Å². The number of carbonyl (C=O) groups is 2. The third-order valence-electron chi connectivity index (χ3n) is 6.35. The van der Waals surface area contributed by atoms with Gasteiger partial charge in [0.1, 0.15) is 11.8 Å². The molecular weight excluding hydrogens is 390 g/mol. The van der Waals surface area contributed by atoms with Gasteiger partial charge in [0.2, 0.25) is 11.8 Å². The van der Waals surface area contributed by atoms with E-state index in [1.807, 2.05) is 0 Å². The molecule has 2 N–H and O–H groups in total. The van der Waals surface area contributed by atoms with E-state index in [1.165, 1.54) is 48.0 Å². The Bertz CT molecular complexity index is 982. The number of phenolic OH excluding ortho intramolecular Hbond substituents is 1. The second-order valence-electron chi connectivity index (χ2n) is 8.70. The molecule has 0 aliphatic carbocycles. The summed E-state index contributed by atoms with van der Waals surface area (Å²) in [6, 6.07) is 12.3. The van der Waals surface area contributed by atoms with Gasteiger partial charge < -0.3 is 15.3 Å². The molecule has 2 aliphatic heterocycles. The number of hydrogen-bond acceptors (Lipinski definition) is 4. The summed E-state index contributed by atoms with van der Waals surface area (Å²) in [5.41, 5.74) is 5.21. The van der Waals surface area contributed by atoms with Crippen LogP contribution < -0.4 is 10.2 Å². The fraction of sp³-hybridized carbons (Fsp3) is 0.440. The highest BCUT2D eigenvalue weighted by Crippen LogP contribution is 2.28. The molecule has 0 bridgehead atoms. The van der Waals surface area contributed by atoms with Crippen LogP contribution in [0.25, 0.3) is 0 Å². The summed E-state index contributed by atoms with van der Waals surface area (Å²) in [5, 5.41) is 12.7. The van der Waals surface area contributed by atoms with Gasteiger partial charge in [-0.25, -0.2) is 0 Å². The number of aryl methyl sites for hydroxylation is 1. The largest absolute Gasteiger partial charge is 0.508 e. The van der Waals surface area contributed by atoms with Crippen molar-refractivity contribution in [3.8, 4) is 5.75 Å². The van der Waals surface area contributed by atoms with E-state index in [9.17, 15) is 14.7 Å². The minimum absolute atomic E-state index is 0.0611. The molecule has 1 unspecified atom stereocenters. The van der Waals surface area contributed by atoms with Crippen molar-refractivity contribution in [2.24, 2.45) is 0 Å². The normalized spacial score (nSPS) is 18.9. The Morgan fingerprint density at radius 2 is 2.06 bits per heavy atom. The van der Waals surface area contributed by atoms with Gasteiger partial charge in [0.25, 0.3) is 0 Å². The number of anilines is 1. The van der Waals surface area contributed by atoms with E-state index in [4.69, 9.17) is 0 Å². The number of carbonyl (C=O) groups excluding carboxylic acids is 2. The number of nitrogens with one attached hydrogen (secondary N) is 1. The average Bonchev–Trinajstić information content (AvgIpc) is 3.42. The number of benzene rings is 2. The number of aromatic hydroxyl groups is 1. The number of likely N-dealkylation sites (tertiary alicyclic amines) is 1. The lowest BCUT2D eigenvalue weighted by Crippen LogP contribution is -2.43. The highest BCUT2D eigenvalue weighted by atomic mass is 16.3. The van der Waals surface area contributed by atoms with Gasteiger partial charge in [0.15, 0.2) is 0 Å². The first-order valence-corrected chi connectivity index (χ1v) is 11.0. The van der Waals surface area contributed by atoms with Gasteiger partial charge in [-0.1, -0.05) is 18.2 Å². The molecule has 31 heavy (non-hydrogen) atoms. The number of rotatable bonds is 6. The Balaban J connectivity index is 1.52. The fourth-order valence-corrected chi connectivity index (χ4v) is 4.53. The van der Waals surface area contributed by atoms with Crippen LogP contribution in [0.4, 0.5) is 5.69 Å². The molecule has 6 nitrogen and oxygen atoms in total. The molecule has 2 saturated heterocycles. The quantitative estimate of drug-likeness (QED) is 0.754. The minimum atomic E-state index is -0.514. The second kappa shape index (κ2) is 9.10. The highest BCUT2D eigenvalue weighted by molar-refractivity contribution is 6.01. The van der Waals surface area contributed by atoms with E-state index in [2.05, 4.69) is 41.4 Å². The Kier molecular flexibility index (Phi) is 6.28. The molecule has 2 fully saturated rings. The van der Waals surface area contributed by atoms with Gasteiger partial charge in [-0.15, -0.1) is 0 Å². The van der Waals surface area contributed by atoms with E-state index in [-0.39, 0.29) is 17.6 Å². The molecule has 4 rings (SSSR count). The van der Waals surface area contributed by atoms with Gasteiger partial charge in [-0.2, -0.15) is 0 Å². The van der Waals surface area contributed by atoms with Crippen molar-refractivity contribution in [2.45, 2.75) is 51.6 Å². The Morgan fingerprint density at radius 3 is 2.74 bits per heavy atom. The highest BCUT2D eigenvalue weighted by Gasteiger charge is 2.30. The average molecular weight is 421 g/mol. The van der Waals surface area contributed by atoms with Crippen LogP contribution in [0.2, 0.25) is 0 Å². The zero-order valence-electron chi connectivity index (χ0n) is 18.3. The molecule has 163 valence electrons. The predicted molar refractivity (Wildman–Crippen MR) is 120 cm³/mol. The van der Waals surface area contributed by atoms with E-state index in [1.54, 1.807) is 13.1 Å². The van der Waals surface area contributed by atoms with Crippen LogP contribution in [0.15, 0.2) is 30.3 Å². The molecule has 2 aromatic carbocycles. The summed E-state index contributed by atoms with van der Waals surface area (Å²) in [5.74, 6) is -0.215. The number of amides is 2. The predicted octanol–water partition coefficient (Wildman–Crippen LogP) is 2.93. The summed E-state index contributed by atoms with van der Waals surface area (Å²) in [6.45, 7) is 5.49. The van der Waals surface area contributed by atoms with Gasteiger partial charge in [0, 0.05) is 32.5 Å². The summed E-state index contributed by atoms with van der Waals surface area (Å²) >= 11 is 0. The van der Waals surface area contributed by atoms with Crippen LogP contribution in [0.5, 0.6) is 5.75 Å². The van der Waals surface area contributed by atoms with Gasteiger partial charge in [-0.3, -0.25) is 14.5 Å². The summed E-state index contributed by atoms with van der Waals surface area (Å²) < 4.78 is 0. The van der Waals surface area contributed by atoms with Gasteiger partial charge >= 0.3 is 0 Å². The smallest absolute Gasteiger partial charge is 0.249 e. The topological polar surface area (TPSA) is 72.9 Å². The standard InChI is InChI=1S/C25H30N3O3/c1-17-13-18(5-6-20(17)16-28-11-3-4-12-28)14-19-7-8-21(29)15-23(19)27(2)25(31)22-9-10-24(30)26-22/h5-6,8,13,15,22,29H,3-4,9-12,14,16H2,1-2H3,(H,26,30). The van der Waals surface area contributed by atoms with E-state index in [0.717, 1.165) is 17.7 Å². The van der Waals surface area contributed by atoms with Crippen molar-refractivity contribution < 1.29 is 14.7 Å². The van der Waals surface area contributed by atoms with Gasteiger partial charge in [-0.05, 0) is 73.7 Å². The molecule has 1 atom stereocenters. The monoisotopic (exact) mass is 420 g/mol. The SMILES string of the molecule is Cc1cc(Cc2[c]cc(O)cc2N(C)C(=O)C2CCC(=O)N2)ccc1CN1CCCC1. The number of hydrogen-bond donors (Lipinski definition) is 2. The van der Waals surface area contributed by atoms with Gasteiger partial charge in [0.05, 0.1) is 5.69 Å². The third-order valence-corrected chi connectivity index (χ3v) is 6.35. The Morgan fingerprint density at radius 1 is 1.29 bits per heavy atom. The van der Waals surface area contributed by atoms with Crippen molar-refractivity contribution in [2.75, 3.05) is 25.0 Å². The molecule has 2 aliphatic rings. The number of phenols is 1. The maximum absolute atomic E-state index is 12.9. The van der Waals surface area contributed by atoms with E-state index in [0.29, 0.717) is 24.9 Å². The number of likely N-dealkylation sites (N-methyl/N-ethyl adjacent to an activating group) is 1. The first-order valence-electron chi connectivity index (χ1n) is 11.0. The van der Waals surface area contributed by atoms with Crippen molar-refractivity contribution in [1.82, 2.24) is 10.2 Å². The first kappa shape index (κ1) is 21.4. The molecule has 2 heterocycles. The second-order valence-corrected chi connectivity index (χ2v) is 8.70. The zero-order valence-corrected chi connectivity index (χ0v) is 18.3. The van der Waals surface area contributed by atoms with Crippen molar-refractivity contribution in [1.29, 1.82) is 0 Å². The molecule has 2 amide bonds. The summed E-state index contributed by atoms with van der Waals surface area (Å²) in [7, 11) is 1.68. The summed E-state index contributed by atoms with van der Waals surface area (Å²) in [4.78, 5) is 28.4. The minimum Gasteiger partial charge on any atom is -0.508 e. The lowest BCUT2D eigenvalue weighted by Gasteiger charge is -2.24. The van der Waals surface area contributed by atoms with Crippen LogP contribution in [-0.4, -0.2) is 48.0 Å². The fourth-order valence-electron chi connectivity index (χ4n) is 4.53. The van der Waals surface area contributed by atoms with Crippen LogP contribution in [-0.2, 0) is 22.6 Å². The lowest BCUT2D eigenvalue weighted by atomic mass is 9.98. The third kappa shape index (κ3) is 4.90. The van der Waals surface area contributed by atoms with Crippen molar-refractivity contribution in [3.63, 3.8) is 0 Å². The number of nitrogens with zero attached hydrogens (tertiary/aromatic N) is 2. The van der Waals surface area contributed by atoms with Crippen molar-refractivity contribution in [3.05, 3.63) is 58.7 Å². The molecule has 2 aromatic rings. The van der Waals surface area contributed by atoms with Crippen LogP contribution >= 0.6 is 0 Å². The lowest BCUT2D eigenvalue weighted by molar-refractivity contribution is -0.123. The Labute approximate surface area is 183 Å². The van der Waals surface area contributed by atoms with Crippen molar-refractivity contribution >= 4 is 17.5 Å². The maximum atomic E-state index is 12.9. The maximum Gasteiger partial charge on any atom is 0.249 e. The zero-order chi connectivity index (χ0) is 22.0. The molecule has 1 radical (unpaired) electrons. The van der Waals surface area contributed by atoms with Crippen LogP contribution in [0, 0.1) is 13.0 Å². The Hall–Kier alpha value is -2.86. The molecule has 0 spiro atoms. The molecule has 0 saturated carbocycles. The van der Waals surface area contributed by atoms with E-state index < -0.39 is 6.04 Å². The summed E-state index contributed by atoms with van der Waals surface area (Å²) in [6.07, 6.45) is 4.04. The van der Waals surface area contributed by atoms with E-state index >= 15 is 0 Å². The molecular formula is C25H30N3O3. The first-order chi connectivity index (χ1) is 14.9.